The van der Waals surface area contributed by atoms with Crippen molar-refractivity contribution in [3.05, 3.63) is 16.9 Å². The fourth-order valence-corrected chi connectivity index (χ4v) is 2.91. The minimum absolute atomic E-state index is 0.121. The Hall–Kier alpha value is -1.30. The Morgan fingerprint density at radius 1 is 1.56 bits per heavy atom. The summed E-state index contributed by atoms with van der Waals surface area (Å²) in [6, 6.07) is -0.124. The van der Waals surface area contributed by atoms with Crippen molar-refractivity contribution < 1.29 is 4.79 Å². The van der Waals surface area contributed by atoms with Crippen molar-refractivity contribution in [1.29, 1.82) is 0 Å². The second-order valence-corrected chi connectivity index (χ2v) is 5.50. The first-order chi connectivity index (χ1) is 8.52. The molecular weight excluding hydrogens is 296 g/mol. The zero-order valence-electron chi connectivity index (χ0n) is 10.6. The number of nitrogens with zero attached hydrogens (tertiary/aromatic N) is 3. The number of aromatic nitrogens is 1. The molecule has 0 radical (unpaired) electrons. The maximum absolute atomic E-state index is 12.2. The molecule has 0 aromatic carbocycles. The Kier molecular flexibility index (Phi) is 3.75. The molecule has 18 heavy (non-hydrogen) atoms. The van der Waals surface area contributed by atoms with Crippen LogP contribution in [0.4, 0.5) is 11.4 Å². The number of hydrogen-bond acceptors (Lipinski definition) is 4. The lowest BCUT2D eigenvalue weighted by Crippen LogP contribution is -2.43. The van der Waals surface area contributed by atoms with Gasteiger partial charge in [-0.2, -0.15) is 0 Å². The molecule has 1 unspecified atom stereocenters. The standard InChI is InChI=1S/C12H17BrN4O/c1-16(2)12(18)10-4-3-5-17(10)11-8(13)6-15-7-9(11)14/h6-7,10H,3-5,14H2,1-2H3. The molecule has 2 N–H and O–H groups in total. The fourth-order valence-electron chi connectivity index (χ4n) is 2.34. The molecule has 1 atom stereocenters. The second-order valence-electron chi connectivity index (χ2n) is 4.64. The monoisotopic (exact) mass is 312 g/mol. The van der Waals surface area contributed by atoms with Gasteiger partial charge in [-0.15, -0.1) is 0 Å². The third-order valence-electron chi connectivity index (χ3n) is 3.17. The van der Waals surface area contributed by atoms with E-state index in [0.29, 0.717) is 5.69 Å². The average Bonchev–Trinajstić information content (AvgIpc) is 2.76. The van der Waals surface area contributed by atoms with Crippen LogP contribution in [-0.4, -0.2) is 42.5 Å². The maximum atomic E-state index is 12.2. The third-order valence-corrected chi connectivity index (χ3v) is 3.75. The van der Waals surface area contributed by atoms with Gasteiger partial charge in [0.25, 0.3) is 0 Å². The van der Waals surface area contributed by atoms with Crippen LogP contribution in [0.2, 0.25) is 0 Å². The highest BCUT2D eigenvalue weighted by Gasteiger charge is 2.33. The molecule has 0 spiro atoms. The summed E-state index contributed by atoms with van der Waals surface area (Å²) in [7, 11) is 3.56. The molecule has 1 saturated heterocycles. The normalized spacial score (nSPS) is 19.1. The van der Waals surface area contributed by atoms with Gasteiger partial charge in [0.05, 0.1) is 22.0 Å². The van der Waals surface area contributed by atoms with E-state index in [1.54, 1.807) is 31.4 Å². The summed E-state index contributed by atoms with van der Waals surface area (Å²) in [6.45, 7) is 0.844. The van der Waals surface area contributed by atoms with Crippen LogP contribution in [0.25, 0.3) is 0 Å². The molecule has 1 fully saturated rings. The summed E-state index contributed by atoms with van der Waals surface area (Å²) in [5.41, 5.74) is 7.46. The third kappa shape index (κ3) is 2.29. The molecule has 1 aromatic heterocycles. The Morgan fingerprint density at radius 3 is 2.89 bits per heavy atom. The van der Waals surface area contributed by atoms with Gasteiger partial charge in [0.15, 0.2) is 0 Å². The Labute approximate surface area is 115 Å². The predicted molar refractivity (Wildman–Crippen MR) is 75.4 cm³/mol. The first kappa shape index (κ1) is 13.1. The number of rotatable bonds is 2. The molecule has 1 aliphatic heterocycles. The van der Waals surface area contributed by atoms with E-state index in [4.69, 9.17) is 5.73 Å². The summed E-state index contributed by atoms with van der Waals surface area (Å²) >= 11 is 3.46. The predicted octanol–water partition coefficient (Wildman–Crippen LogP) is 1.48. The van der Waals surface area contributed by atoms with E-state index in [1.807, 2.05) is 0 Å². The van der Waals surface area contributed by atoms with Gasteiger partial charge in [-0.05, 0) is 28.8 Å². The van der Waals surface area contributed by atoms with E-state index < -0.39 is 0 Å². The van der Waals surface area contributed by atoms with Crippen molar-refractivity contribution in [3.8, 4) is 0 Å². The summed E-state index contributed by atoms with van der Waals surface area (Å²) in [5, 5.41) is 0. The van der Waals surface area contributed by atoms with E-state index in [1.165, 1.54) is 0 Å². The van der Waals surface area contributed by atoms with Gasteiger partial charge in [0.2, 0.25) is 5.91 Å². The molecule has 1 aliphatic rings. The topological polar surface area (TPSA) is 62.5 Å². The Balaban J connectivity index is 2.35. The number of carbonyl (C=O) groups excluding carboxylic acids is 1. The number of anilines is 2. The lowest BCUT2D eigenvalue weighted by atomic mass is 10.2. The van der Waals surface area contributed by atoms with Crippen LogP contribution < -0.4 is 10.6 Å². The van der Waals surface area contributed by atoms with Crippen molar-refractivity contribution in [2.24, 2.45) is 0 Å². The van der Waals surface area contributed by atoms with Crippen molar-refractivity contribution in [1.82, 2.24) is 9.88 Å². The van der Waals surface area contributed by atoms with Crippen LogP contribution in [0.1, 0.15) is 12.8 Å². The summed E-state index contributed by atoms with van der Waals surface area (Å²) in [6.07, 6.45) is 5.19. The van der Waals surface area contributed by atoms with Gasteiger partial charge >= 0.3 is 0 Å². The molecule has 98 valence electrons. The minimum Gasteiger partial charge on any atom is -0.396 e. The van der Waals surface area contributed by atoms with Gasteiger partial charge < -0.3 is 15.5 Å². The van der Waals surface area contributed by atoms with Crippen LogP contribution in [0.5, 0.6) is 0 Å². The number of halogens is 1. The first-order valence-electron chi connectivity index (χ1n) is 5.89. The van der Waals surface area contributed by atoms with Crippen LogP contribution in [-0.2, 0) is 4.79 Å². The van der Waals surface area contributed by atoms with Crippen LogP contribution in [0, 0.1) is 0 Å². The minimum atomic E-state index is -0.124. The molecule has 2 heterocycles. The highest BCUT2D eigenvalue weighted by Crippen LogP contribution is 2.36. The molecule has 6 heteroatoms. The molecule has 0 bridgehead atoms. The first-order valence-corrected chi connectivity index (χ1v) is 6.68. The lowest BCUT2D eigenvalue weighted by Gasteiger charge is -2.29. The van der Waals surface area contributed by atoms with E-state index in [-0.39, 0.29) is 11.9 Å². The molecule has 0 aliphatic carbocycles. The fraction of sp³-hybridized carbons (Fsp3) is 0.500. The summed E-state index contributed by atoms with van der Waals surface area (Å²) < 4.78 is 0.834. The summed E-state index contributed by atoms with van der Waals surface area (Å²) in [4.78, 5) is 19.9. The molecule has 5 nitrogen and oxygen atoms in total. The van der Waals surface area contributed by atoms with Crippen LogP contribution >= 0.6 is 15.9 Å². The molecule has 0 saturated carbocycles. The van der Waals surface area contributed by atoms with Gasteiger partial charge in [-0.3, -0.25) is 9.78 Å². The number of amides is 1. The average molecular weight is 313 g/mol. The number of pyridine rings is 1. The lowest BCUT2D eigenvalue weighted by molar-refractivity contribution is -0.129. The zero-order chi connectivity index (χ0) is 13.3. The molecule has 1 aromatic rings. The number of likely N-dealkylation sites (N-methyl/N-ethyl adjacent to an activating group) is 1. The SMILES string of the molecule is CN(C)C(=O)C1CCCN1c1c(N)cncc1Br. The van der Waals surface area contributed by atoms with E-state index >= 15 is 0 Å². The largest absolute Gasteiger partial charge is 0.396 e. The number of hydrogen-bond donors (Lipinski definition) is 1. The molecular formula is C12H17BrN4O. The summed E-state index contributed by atoms with van der Waals surface area (Å²) in [5.74, 6) is 0.121. The Bertz CT molecular complexity index is 443. The smallest absolute Gasteiger partial charge is 0.244 e. The van der Waals surface area contributed by atoms with Gasteiger partial charge in [-0.25, -0.2) is 0 Å². The highest BCUT2D eigenvalue weighted by molar-refractivity contribution is 9.10. The molecule has 2 rings (SSSR count). The van der Waals surface area contributed by atoms with Crippen molar-refractivity contribution in [2.75, 3.05) is 31.3 Å². The van der Waals surface area contributed by atoms with Crippen LogP contribution in [0.3, 0.4) is 0 Å². The zero-order valence-corrected chi connectivity index (χ0v) is 12.1. The number of nitrogens with two attached hydrogens (primary N) is 1. The van der Waals surface area contributed by atoms with E-state index in [9.17, 15) is 4.79 Å². The number of carbonyl (C=O) groups is 1. The van der Waals surface area contributed by atoms with E-state index in [2.05, 4.69) is 25.8 Å². The van der Waals surface area contributed by atoms with Gasteiger partial charge in [-0.1, -0.05) is 0 Å². The van der Waals surface area contributed by atoms with Gasteiger partial charge in [0, 0.05) is 26.8 Å². The maximum Gasteiger partial charge on any atom is 0.244 e. The molecule has 1 amide bonds. The number of nitrogen functional groups attached to an aromatic ring is 1. The Morgan fingerprint density at radius 2 is 2.28 bits per heavy atom. The quantitative estimate of drug-likeness (QED) is 0.898. The van der Waals surface area contributed by atoms with Crippen molar-refractivity contribution in [2.45, 2.75) is 18.9 Å². The second kappa shape index (κ2) is 5.14. The van der Waals surface area contributed by atoms with Crippen molar-refractivity contribution >= 4 is 33.2 Å². The van der Waals surface area contributed by atoms with Gasteiger partial charge in [0.1, 0.15) is 6.04 Å². The van der Waals surface area contributed by atoms with Crippen LogP contribution in [0.15, 0.2) is 16.9 Å². The van der Waals surface area contributed by atoms with Crippen molar-refractivity contribution in [3.63, 3.8) is 0 Å². The van der Waals surface area contributed by atoms with E-state index in [0.717, 1.165) is 29.5 Å². The highest BCUT2D eigenvalue weighted by atomic mass is 79.9.